The zero-order chi connectivity index (χ0) is 8.15. The molecule has 0 aliphatic heterocycles. The number of hydrogen-bond donors (Lipinski definition) is 1. The molecule has 0 radical (unpaired) electrons. The van der Waals surface area contributed by atoms with Crippen molar-refractivity contribution in [2.75, 3.05) is 20.1 Å². The fourth-order valence-corrected chi connectivity index (χ4v) is 0.667. The molecule has 4 heteroatoms. The summed E-state index contributed by atoms with van der Waals surface area (Å²) in [6, 6.07) is 0. The van der Waals surface area contributed by atoms with Crippen molar-refractivity contribution < 1.29 is 14.7 Å². The quantitative estimate of drug-likeness (QED) is 0.584. The zero-order valence-corrected chi connectivity index (χ0v) is 6.13. The van der Waals surface area contributed by atoms with Gasteiger partial charge in [-0.1, -0.05) is 0 Å². The van der Waals surface area contributed by atoms with Crippen molar-refractivity contribution in [1.29, 1.82) is 0 Å². The fourth-order valence-electron chi connectivity index (χ4n) is 0.667. The van der Waals surface area contributed by atoms with Crippen LogP contribution in [0.4, 0.5) is 0 Å². The van der Waals surface area contributed by atoms with E-state index in [9.17, 15) is 9.59 Å². The second-order valence-corrected chi connectivity index (χ2v) is 2.27. The minimum absolute atomic E-state index is 0.0243. The van der Waals surface area contributed by atoms with Crippen molar-refractivity contribution in [2.24, 2.45) is 0 Å². The number of nitrogens with zero attached hydrogens (tertiary/aromatic N) is 1. The summed E-state index contributed by atoms with van der Waals surface area (Å²) in [5.74, 6) is -0.937. The van der Waals surface area contributed by atoms with E-state index in [-0.39, 0.29) is 18.9 Å². The van der Waals surface area contributed by atoms with Gasteiger partial charge in [0.05, 0.1) is 13.1 Å². The molecule has 0 atom stereocenters. The zero-order valence-electron chi connectivity index (χ0n) is 6.13. The molecule has 0 spiro atoms. The van der Waals surface area contributed by atoms with Gasteiger partial charge in [-0.2, -0.15) is 0 Å². The summed E-state index contributed by atoms with van der Waals surface area (Å²) in [6.07, 6.45) is 0. The highest BCUT2D eigenvalue weighted by Gasteiger charge is 2.04. The van der Waals surface area contributed by atoms with E-state index in [0.717, 1.165) is 0 Å². The van der Waals surface area contributed by atoms with E-state index in [1.807, 2.05) is 0 Å². The van der Waals surface area contributed by atoms with E-state index < -0.39 is 5.97 Å². The van der Waals surface area contributed by atoms with E-state index in [2.05, 4.69) is 0 Å². The van der Waals surface area contributed by atoms with Crippen LogP contribution in [0, 0.1) is 0 Å². The SMILES string of the molecule is CC(=O)CN(C)CC(=O)O. The van der Waals surface area contributed by atoms with E-state index in [1.165, 1.54) is 11.8 Å². The standard InChI is InChI=1S/C6H11NO3/c1-5(8)3-7(2)4-6(9)10/h3-4H2,1-2H3,(H,9,10). The number of ketones is 1. The minimum Gasteiger partial charge on any atom is -0.480 e. The third kappa shape index (κ3) is 5.24. The molecular weight excluding hydrogens is 134 g/mol. The van der Waals surface area contributed by atoms with Crippen molar-refractivity contribution in [3.8, 4) is 0 Å². The normalized spacial score (nSPS) is 9.90. The number of carboxylic acids is 1. The molecule has 0 aliphatic carbocycles. The maximum atomic E-state index is 10.4. The molecule has 0 amide bonds. The lowest BCUT2D eigenvalue weighted by Crippen LogP contribution is -2.29. The topological polar surface area (TPSA) is 57.6 Å². The van der Waals surface area contributed by atoms with Gasteiger partial charge >= 0.3 is 5.97 Å². The molecule has 0 rings (SSSR count). The Kier molecular flexibility index (Phi) is 3.64. The number of hydrogen-bond acceptors (Lipinski definition) is 3. The van der Waals surface area contributed by atoms with E-state index >= 15 is 0 Å². The van der Waals surface area contributed by atoms with Gasteiger partial charge in [0.25, 0.3) is 0 Å². The van der Waals surface area contributed by atoms with Gasteiger partial charge in [-0.05, 0) is 14.0 Å². The largest absolute Gasteiger partial charge is 0.480 e. The lowest BCUT2D eigenvalue weighted by Gasteiger charge is -2.09. The van der Waals surface area contributed by atoms with Crippen LogP contribution in [-0.2, 0) is 9.59 Å². The van der Waals surface area contributed by atoms with Crippen LogP contribution in [0.3, 0.4) is 0 Å². The van der Waals surface area contributed by atoms with Crippen LogP contribution < -0.4 is 0 Å². The maximum absolute atomic E-state index is 10.4. The highest BCUT2D eigenvalue weighted by Crippen LogP contribution is 1.81. The van der Waals surface area contributed by atoms with Crippen molar-refractivity contribution in [2.45, 2.75) is 6.92 Å². The van der Waals surface area contributed by atoms with Crippen LogP contribution >= 0.6 is 0 Å². The van der Waals surface area contributed by atoms with Gasteiger partial charge in [-0.25, -0.2) is 0 Å². The summed E-state index contributed by atoms with van der Waals surface area (Å²) in [7, 11) is 1.59. The first-order valence-corrected chi connectivity index (χ1v) is 2.92. The molecule has 1 N–H and O–H groups in total. The van der Waals surface area contributed by atoms with Crippen LogP contribution in [0.2, 0.25) is 0 Å². The fraction of sp³-hybridized carbons (Fsp3) is 0.667. The summed E-state index contributed by atoms with van der Waals surface area (Å²) in [4.78, 5) is 21.9. The van der Waals surface area contributed by atoms with E-state index in [0.29, 0.717) is 0 Å². The molecule has 0 aromatic rings. The van der Waals surface area contributed by atoms with Crippen molar-refractivity contribution in [3.05, 3.63) is 0 Å². The van der Waals surface area contributed by atoms with Crippen LogP contribution in [0.25, 0.3) is 0 Å². The highest BCUT2D eigenvalue weighted by molar-refractivity contribution is 5.78. The van der Waals surface area contributed by atoms with Gasteiger partial charge in [0.2, 0.25) is 0 Å². The Labute approximate surface area is 59.4 Å². The first kappa shape index (κ1) is 9.10. The van der Waals surface area contributed by atoms with Gasteiger partial charge in [-0.3, -0.25) is 14.5 Å². The predicted octanol–water partition coefficient (Wildman–Crippen LogP) is -0.408. The first-order chi connectivity index (χ1) is 4.52. The minimum atomic E-state index is -0.913. The van der Waals surface area contributed by atoms with Gasteiger partial charge in [0, 0.05) is 0 Å². The number of rotatable bonds is 4. The molecule has 0 unspecified atom stereocenters. The molecule has 0 aromatic heterocycles. The number of aliphatic carboxylic acids is 1. The number of carbonyl (C=O) groups excluding carboxylic acids is 1. The van der Waals surface area contributed by atoms with Gasteiger partial charge in [0.15, 0.2) is 0 Å². The van der Waals surface area contributed by atoms with Gasteiger partial charge in [0.1, 0.15) is 5.78 Å². The van der Waals surface area contributed by atoms with E-state index in [4.69, 9.17) is 5.11 Å². The lowest BCUT2D eigenvalue weighted by molar-refractivity contribution is -0.138. The molecule has 0 heterocycles. The molecular formula is C6H11NO3. The molecule has 0 fully saturated rings. The van der Waals surface area contributed by atoms with Crippen LogP contribution in [0.15, 0.2) is 0 Å². The molecule has 0 saturated carbocycles. The summed E-state index contributed by atoms with van der Waals surface area (Å²) < 4.78 is 0. The first-order valence-electron chi connectivity index (χ1n) is 2.92. The van der Waals surface area contributed by atoms with Crippen LogP contribution in [0.5, 0.6) is 0 Å². The molecule has 0 bridgehead atoms. The van der Waals surface area contributed by atoms with Gasteiger partial charge < -0.3 is 5.11 Å². The van der Waals surface area contributed by atoms with Crippen molar-refractivity contribution in [3.63, 3.8) is 0 Å². The summed E-state index contributed by atoms with van der Waals surface area (Å²) in [5.41, 5.74) is 0. The number of carboxylic acid groups (broad SMARTS) is 1. The second kappa shape index (κ2) is 4.00. The Balaban J connectivity index is 3.53. The van der Waals surface area contributed by atoms with Crippen molar-refractivity contribution in [1.82, 2.24) is 4.90 Å². The Hall–Kier alpha value is -0.900. The monoisotopic (exact) mass is 145 g/mol. The Morgan fingerprint density at radius 1 is 1.40 bits per heavy atom. The summed E-state index contributed by atoms with van der Waals surface area (Å²) in [6.45, 7) is 1.55. The molecule has 0 aliphatic rings. The van der Waals surface area contributed by atoms with Crippen LogP contribution in [-0.4, -0.2) is 41.9 Å². The number of Topliss-reactive ketones (excluding diaryl/α,β-unsaturated/α-hetero) is 1. The maximum Gasteiger partial charge on any atom is 0.317 e. The Morgan fingerprint density at radius 2 is 1.90 bits per heavy atom. The number of carbonyl (C=O) groups is 2. The predicted molar refractivity (Wildman–Crippen MR) is 35.8 cm³/mol. The van der Waals surface area contributed by atoms with Gasteiger partial charge in [-0.15, -0.1) is 0 Å². The highest BCUT2D eigenvalue weighted by atomic mass is 16.4. The molecule has 58 valence electrons. The molecule has 10 heavy (non-hydrogen) atoms. The average Bonchev–Trinajstić information content (AvgIpc) is 1.58. The second-order valence-electron chi connectivity index (χ2n) is 2.27. The Bertz CT molecular complexity index is 128. The third-order valence-corrected chi connectivity index (χ3v) is 0.898. The van der Waals surface area contributed by atoms with Crippen LogP contribution in [0.1, 0.15) is 6.92 Å². The lowest BCUT2D eigenvalue weighted by atomic mass is 10.4. The third-order valence-electron chi connectivity index (χ3n) is 0.898. The smallest absolute Gasteiger partial charge is 0.317 e. The molecule has 0 saturated heterocycles. The summed E-state index contributed by atoms with van der Waals surface area (Å²) >= 11 is 0. The summed E-state index contributed by atoms with van der Waals surface area (Å²) in [5, 5.41) is 8.24. The van der Waals surface area contributed by atoms with Crippen molar-refractivity contribution >= 4 is 11.8 Å². The van der Waals surface area contributed by atoms with E-state index in [1.54, 1.807) is 7.05 Å². The average molecular weight is 145 g/mol. The number of likely N-dealkylation sites (N-methyl/N-ethyl adjacent to an activating group) is 1. The Morgan fingerprint density at radius 3 is 2.20 bits per heavy atom. The molecule has 0 aromatic carbocycles. The molecule has 4 nitrogen and oxygen atoms in total.